The maximum atomic E-state index is 11.1. The molecular weight excluding hydrogens is 291 g/mol. The van der Waals surface area contributed by atoms with Gasteiger partial charge in [-0.25, -0.2) is 0 Å². The summed E-state index contributed by atoms with van der Waals surface area (Å²) in [6.45, 7) is 4.01. The van der Waals surface area contributed by atoms with Crippen LogP contribution < -0.4 is 0 Å². The molecule has 1 N–H and O–H groups in total. The minimum absolute atomic E-state index is 0.175. The van der Waals surface area contributed by atoms with Crippen molar-refractivity contribution in [1.82, 2.24) is 0 Å². The summed E-state index contributed by atoms with van der Waals surface area (Å²) in [5, 5.41) is 0. The summed E-state index contributed by atoms with van der Waals surface area (Å²) < 4.78 is 9.02. The van der Waals surface area contributed by atoms with Crippen molar-refractivity contribution in [3.63, 3.8) is 0 Å². The Kier molecular flexibility index (Phi) is 8.21. The van der Waals surface area contributed by atoms with E-state index in [1.54, 1.807) is 6.92 Å². The molecule has 0 aromatic carbocycles. The summed E-state index contributed by atoms with van der Waals surface area (Å²) >= 11 is -0.323. The topological polar surface area (TPSA) is 37.3 Å². The van der Waals surface area contributed by atoms with Gasteiger partial charge in [0.05, 0.1) is 0 Å². The van der Waals surface area contributed by atoms with Crippen molar-refractivity contribution >= 4 is 21.1 Å². The van der Waals surface area contributed by atoms with Crippen molar-refractivity contribution < 1.29 is 8.98 Å². The number of Topliss-reactive ketones (excluding diaryl/α,β-unsaturated/α-hetero) is 1. The largest absolute Gasteiger partial charge is 0.0625 e. The van der Waals surface area contributed by atoms with Crippen LogP contribution in [0.2, 0.25) is 4.82 Å². The molecule has 0 heterocycles. The molecular formula is C15H28O2Se. The van der Waals surface area contributed by atoms with E-state index in [2.05, 4.69) is 6.92 Å². The Morgan fingerprint density at radius 3 is 1.94 bits per heavy atom. The molecule has 2 aliphatic carbocycles. The van der Waals surface area contributed by atoms with Gasteiger partial charge < -0.3 is 0 Å². The van der Waals surface area contributed by atoms with Crippen LogP contribution in [0.3, 0.4) is 0 Å². The maximum absolute atomic E-state index is 11.1. The third kappa shape index (κ3) is 5.86. The van der Waals surface area contributed by atoms with Crippen molar-refractivity contribution in [3.8, 4) is 0 Å². The Morgan fingerprint density at radius 1 is 1.00 bits per heavy atom. The fourth-order valence-corrected chi connectivity index (χ4v) is 4.56. The van der Waals surface area contributed by atoms with E-state index in [1.807, 2.05) is 0 Å². The van der Waals surface area contributed by atoms with E-state index in [4.69, 9.17) is 4.19 Å². The minimum Gasteiger partial charge on any atom is -0.0625 e. The van der Waals surface area contributed by atoms with Crippen LogP contribution in [-0.2, 0) is 4.79 Å². The Morgan fingerprint density at radius 2 is 1.56 bits per heavy atom. The normalized spacial score (nSPS) is 29.3. The molecule has 0 saturated heterocycles. The van der Waals surface area contributed by atoms with Gasteiger partial charge in [-0.15, -0.1) is 0 Å². The summed E-state index contributed by atoms with van der Waals surface area (Å²) in [5.74, 6) is 1.48. The first-order valence-electron chi connectivity index (χ1n) is 7.45. The quantitative estimate of drug-likeness (QED) is 0.787. The summed E-state index contributed by atoms with van der Waals surface area (Å²) in [5.41, 5.74) is 0. The molecule has 0 aromatic heterocycles. The maximum Gasteiger partial charge on any atom is -0.0443 e. The molecule has 2 fully saturated rings. The zero-order valence-electron chi connectivity index (χ0n) is 11.9. The fourth-order valence-electron chi connectivity index (χ4n) is 2.99. The second-order valence-electron chi connectivity index (χ2n) is 5.89. The van der Waals surface area contributed by atoms with Gasteiger partial charge in [0.2, 0.25) is 0 Å². The second-order valence-corrected chi connectivity index (χ2v) is 7.60. The predicted octanol–water partition coefficient (Wildman–Crippen LogP) is 3.75. The number of carbonyl (C=O) groups is 1. The molecule has 3 heteroatoms. The van der Waals surface area contributed by atoms with Gasteiger partial charge in [-0.3, -0.25) is 0 Å². The van der Waals surface area contributed by atoms with E-state index < -0.39 is 0 Å². The van der Waals surface area contributed by atoms with Crippen LogP contribution in [0.15, 0.2) is 0 Å². The second kappa shape index (κ2) is 9.12. The SMILES string of the molecule is CC(=O)C1CCCCC1[Se]O.CC1CCCCC1. The summed E-state index contributed by atoms with van der Waals surface area (Å²) in [6, 6.07) is 0. The summed E-state index contributed by atoms with van der Waals surface area (Å²) in [7, 11) is 0. The van der Waals surface area contributed by atoms with Gasteiger partial charge in [0, 0.05) is 0 Å². The van der Waals surface area contributed by atoms with E-state index in [9.17, 15) is 4.79 Å². The molecule has 0 amide bonds. The molecule has 0 radical (unpaired) electrons. The first-order valence-corrected chi connectivity index (χ1v) is 9.21. The molecule has 0 bridgehead atoms. The van der Waals surface area contributed by atoms with Crippen LogP contribution in [0.1, 0.15) is 71.6 Å². The zero-order chi connectivity index (χ0) is 13.4. The van der Waals surface area contributed by atoms with Gasteiger partial charge in [-0.05, 0) is 5.92 Å². The van der Waals surface area contributed by atoms with Crippen LogP contribution in [0.25, 0.3) is 0 Å². The van der Waals surface area contributed by atoms with Gasteiger partial charge in [-0.2, -0.15) is 0 Å². The van der Waals surface area contributed by atoms with Gasteiger partial charge in [0.1, 0.15) is 0 Å². The fraction of sp³-hybridized carbons (Fsp3) is 0.933. The molecule has 2 saturated carbocycles. The molecule has 0 spiro atoms. The van der Waals surface area contributed by atoms with Gasteiger partial charge >= 0.3 is 73.4 Å². The number of hydrogen-bond acceptors (Lipinski definition) is 2. The van der Waals surface area contributed by atoms with Crippen LogP contribution in [0, 0.1) is 11.8 Å². The van der Waals surface area contributed by atoms with E-state index >= 15 is 0 Å². The molecule has 2 atom stereocenters. The first kappa shape index (κ1) is 16.2. The monoisotopic (exact) mass is 320 g/mol. The number of hydrogen-bond donors (Lipinski definition) is 1. The van der Waals surface area contributed by atoms with E-state index in [0.29, 0.717) is 4.82 Å². The zero-order valence-corrected chi connectivity index (χ0v) is 13.6. The average molecular weight is 319 g/mol. The molecule has 18 heavy (non-hydrogen) atoms. The van der Waals surface area contributed by atoms with Crippen LogP contribution in [-0.4, -0.2) is 25.3 Å². The molecule has 2 rings (SSSR count). The third-order valence-corrected chi connectivity index (χ3v) is 6.01. The standard InChI is InChI=1S/C8H14O2Se.C7H14/c1-6(9)7-4-2-3-5-8(7)11-10;1-7-5-3-2-4-6-7/h7-8,10H,2-5H2,1H3;7H,2-6H2,1H3. The molecule has 2 aliphatic rings. The molecule has 0 aromatic rings. The number of rotatable bonds is 2. The van der Waals surface area contributed by atoms with Crippen LogP contribution >= 0.6 is 0 Å². The Hall–Kier alpha value is 0.149. The van der Waals surface area contributed by atoms with Crippen molar-refractivity contribution in [2.45, 2.75) is 76.5 Å². The number of ketones is 1. The van der Waals surface area contributed by atoms with E-state index in [0.717, 1.165) is 25.2 Å². The van der Waals surface area contributed by atoms with Gasteiger partial charge in [0.25, 0.3) is 0 Å². The van der Waals surface area contributed by atoms with Gasteiger partial charge in [0.15, 0.2) is 0 Å². The predicted molar refractivity (Wildman–Crippen MR) is 76.6 cm³/mol. The number of carbonyl (C=O) groups excluding carboxylic acids is 1. The van der Waals surface area contributed by atoms with Gasteiger partial charge in [-0.1, -0.05) is 39.0 Å². The third-order valence-electron chi connectivity index (χ3n) is 4.25. The van der Waals surface area contributed by atoms with Crippen molar-refractivity contribution in [2.24, 2.45) is 11.8 Å². The molecule has 2 unspecified atom stereocenters. The molecule has 106 valence electrons. The summed E-state index contributed by atoms with van der Waals surface area (Å²) in [4.78, 5) is 11.4. The first-order chi connectivity index (χ1) is 8.65. The summed E-state index contributed by atoms with van der Waals surface area (Å²) in [6.07, 6.45) is 11.9. The van der Waals surface area contributed by atoms with Crippen LogP contribution in [0.4, 0.5) is 0 Å². The van der Waals surface area contributed by atoms with E-state index in [1.165, 1.54) is 38.5 Å². The minimum atomic E-state index is -0.323. The Balaban J connectivity index is 0.000000199. The smallest absolute Gasteiger partial charge is 0.0443 e. The van der Waals surface area contributed by atoms with E-state index in [-0.39, 0.29) is 27.0 Å². The molecule has 2 nitrogen and oxygen atoms in total. The Bertz CT molecular complexity index is 237. The van der Waals surface area contributed by atoms with Crippen LogP contribution in [0.5, 0.6) is 0 Å². The average Bonchev–Trinajstić information content (AvgIpc) is 2.40. The van der Waals surface area contributed by atoms with Crippen molar-refractivity contribution in [2.75, 3.05) is 0 Å². The van der Waals surface area contributed by atoms with Crippen molar-refractivity contribution in [3.05, 3.63) is 0 Å². The molecule has 0 aliphatic heterocycles. The Labute approximate surface area is 118 Å². The van der Waals surface area contributed by atoms with Crippen molar-refractivity contribution in [1.29, 1.82) is 0 Å².